The van der Waals surface area contributed by atoms with Crippen LogP contribution in [-0.4, -0.2) is 25.4 Å². The summed E-state index contributed by atoms with van der Waals surface area (Å²) in [5, 5.41) is 0. The molecule has 0 saturated heterocycles. The molecule has 0 aliphatic carbocycles. The third kappa shape index (κ3) is 3.14. The highest BCUT2D eigenvalue weighted by Gasteiger charge is 2.12. The number of hydrogen-bond acceptors (Lipinski definition) is 3. The number of Topliss-reactive ketones (excluding diaryl/α,β-unsaturated/α-hetero) is 1. The third-order valence-electron chi connectivity index (χ3n) is 2.07. The maximum atomic E-state index is 11.6. The minimum absolute atomic E-state index is 0.0619. The van der Waals surface area contributed by atoms with Crippen LogP contribution in [0.5, 0.6) is 11.5 Å². The number of halogens is 1. The maximum absolute atomic E-state index is 11.6. The highest BCUT2D eigenvalue weighted by molar-refractivity contribution is 6.30. The van der Waals surface area contributed by atoms with Crippen LogP contribution in [0.1, 0.15) is 23.7 Å². The fourth-order valence-corrected chi connectivity index (χ4v) is 1.43. The summed E-state index contributed by atoms with van der Waals surface area (Å²) in [7, 11) is 1.52. The first-order valence-corrected chi connectivity index (χ1v) is 5.66. The second kappa shape index (κ2) is 6.38. The van der Waals surface area contributed by atoms with E-state index >= 15 is 0 Å². The fraction of sp³-hybridized carbons (Fsp3) is 0.417. The largest absolute Gasteiger partial charge is 0.496 e. The average Bonchev–Trinajstić information content (AvgIpc) is 2.35. The van der Waals surface area contributed by atoms with Crippen LogP contribution in [0.3, 0.4) is 0 Å². The lowest BCUT2D eigenvalue weighted by atomic mass is 10.1. The second-order valence-electron chi connectivity index (χ2n) is 3.27. The highest BCUT2D eigenvalue weighted by Crippen LogP contribution is 2.24. The van der Waals surface area contributed by atoms with Crippen LogP contribution >= 0.6 is 11.6 Å². The summed E-state index contributed by atoms with van der Waals surface area (Å²) < 4.78 is 10.5. The minimum Gasteiger partial charge on any atom is -0.496 e. The Morgan fingerprint density at radius 2 is 2.19 bits per heavy atom. The summed E-state index contributed by atoms with van der Waals surface area (Å²) in [4.78, 5) is 11.6. The van der Waals surface area contributed by atoms with E-state index in [0.717, 1.165) is 6.42 Å². The molecule has 0 amide bonds. The molecule has 3 nitrogen and oxygen atoms in total. The molecule has 0 N–H and O–H groups in total. The molecule has 0 unspecified atom stereocenters. The lowest BCUT2D eigenvalue weighted by Gasteiger charge is -2.09. The fourth-order valence-electron chi connectivity index (χ4n) is 1.29. The maximum Gasteiger partial charge on any atom is 0.181 e. The van der Waals surface area contributed by atoms with E-state index < -0.39 is 0 Å². The zero-order valence-corrected chi connectivity index (χ0v) is 10.2. The van der Waals surface area contributed by atoms with E-state index in [1.165, 1.54) is 7.11 Å². The molecule has 0 aliphatic rings. The molecule has 0 fully saturated rings. The Bertz CT molecular complexity index is 363. The smallest absolute Gasteiger partial charge is 0.181 e. The van der Waals surface area contributed by atoms with Gasteiger partial charge in [-0.2, -0.15) is 0 Å². The van der Waals surface area contributed by atoms with Crippen molar-refractivity contribution in [3.8, 4) is 11.5 Å². The van der Waals surface area contributed by atoms with Crippen molar-refractivity contribution in [3.63, 3.8) is 0 Å². The number of carbonyl (C=O) groups excluding carboxylic acids is 1. The molecule has 0 atom stereocenters. The molecular formula is C12H15ClO3. The van der Waals surface area contributed by atoms with E-state index in [9.17, 15) is 4.79 Å². The quantitative estimate of drug-likeness (QED) is 0.568. The first-order chi connectivity index (χ1) is 7.72. The van der Waals surface area contributed by atoms with Crippen molar-refractivity contribution in [1.82, 2.24) is 0 Å². The number of methoxy groups -OCH3 is 1. The SMILES string of the molecule is CCCOc1ccc(OC)c(C(=O)CCl)c1. The van der Waals surface area contributed by atoms with Gasteiger partial charge in [-0.1, -0.05) is 6.92 Å². The van der Waals surface area contributed by atoms with Gasteiger partial charge in [0.25, 0.3) is 0 Å². The van der Waals surface area contributed by atoms with Gasteiger partial charge < -0.3 is 9.47 Å². The molecule has 1 rings (SSSR count). The van der Waals surface area contributed by atoms with Crippen LogP contribution in [0.25, 0.3) is 0 Å². The Kier molecular flexibility index (Phi) is 5.12. The number of benzene rings is 1. The summed E-state index contributed by atoms with van der Waals surface area (Å²) in [6.07, 6.45) is 0.921. The molecule has 0 aromatic heterocycles. The van der Waals surface area contributed by atoms with Gasteiger partial charge in [0.1, 0.15) is 11.5 Å². The first kappa shape index (κ1) is 12.8. The average molecular weight is 243 g/mol. The molecule has 0 spiro atoms. The van der Waals surface area contributed by atoms with Gasteiger partial charge in [0.15, 0.2) is 5.78 Å². The zero-order chi connectivity index (χ0) is 12.0. The van der Waals surface area contributed by atoms with Crippen molar-refractivity contribution in [2.45, 2.75) is 13.3 Å². The molecule has 0 heterocycles. The minimum atomic E-state index is -0.166. The number of rotatable bonds is 6. The number of ether oxygens (including phenoxy) is 2. The molecule has 1 aromatic rings. The predicted molar refractivity (Wildman–Crippen MR) is 63.8 cm³/mol. The van der Waals surface area contributed by atoms with E-state index in [-0.39, 0.29) is 11.7 Å². The zero-order valence-electron chi connectivity index (χ0n) is 9.46. The monoisotopic (exact) mass is 242 g/mol. The molecule has 0 saturated carbocycles. The standard InChI is InChI=1S/C12H15ClO3/c1-3-6-16-9-4-5-12(15-2)10(7-9)11(14)8-13/h4-5,7H,3,6,8H2,1-2H3. The second-order valence-corrected chi connectivity index (χ2v) is 3.53. The molecule has 88 valence electrons. The molecule has 16 heavy (non-hydrogen) atoms. The lowest BCUT2D eigenvalue weighted by Crippen LogP contribution is -2.04. The molecule has 0 radical (unpaired) electrons. The van der Waals surface area contributed by atoms with Gasteiger partial charge in [0.05, 0.1) is 25.2 Å². The van der Waals surface area contributed by atoms with Gasteiger partial charge in [0, 0.05) is 0 Å². The summed E-state index contributed by atoms with van der Waals surface area (Å²) in [5.41, 5.74) is 0.464. The Balaban J connectivity index is 2.96. The van der Waals surface area contributed by atoms with Gasteiger partial charge in [-0.05, 0) is 24.6 Å². The summed E-state index contributed by atoms with van der Waals surface area (Å²) >= 11 is 5.53. The summed E-state index contributed by atoms with van der Waals surface area (Å²) in [6.45, 7) is 2.65. The van der Waals surface area contributed by atoms with Gasteiger partial charge in [0.2, 0.25) is 0 Å². The highest BCUT2D eigenvalue weighted by atomic mass is 35.5. The van der Waals surface area contributed by atoms with Crippen molar-refractivity contribution < 1.29 is 14.3 Å². The van der Waals surface area contributed by atoms with E-state index in [4.69, 9.17) is 21.1 Å². The van der Waals surface area contributed by atoms with Crippen LogP contribution in [-0.2, 0) is 0 Å². The van der Waals surface area contributed by atoms with Gasteiger partial charge >= 0.3 is 0 Å². The molecule has 4 heteroatoms. The Hall–Kier alpha value is -1.22. The van der Waals surface area contributed by atoms with Crippen molar-refractivity contribution in [2.24, 2.45) is 0 Å². The van der Waals surface area contributed by atoms with Gasteiger partial charge in [-0.15, -0.1) is 11.6 Å². The summed E-state index contributed by atoms with van der Waals surface area (Å²) in [5.74, 6) is 0.958. The van der Waals surface area contributed by atoms with E-state index in [1.54, 1.807) is 18.2 Å². The van der Waals surface area contributed by atoms with Gasteiger partial charge in [-0.25, -0.2) is 0 Å². The van der Waals surface area contributed by atoms with E-state index in [2.05, 4.69) is 0 Å². The van der Waals surface area contributed by atoms with Crippen LogP contribution in [0.4, 0.5) is 0 Å². The van der Waals surface area contributed by atoms with Crippen LogP contribution in [0.15, 0.2) is 18.2 Å². The Morgan fingerprint density at radius 1 is 1.44 bits per heavy atom. The van der Waals surface area contributed by atoms with Crippen molar-refractivity contribution in [2.75, 3.05) is 19.6 Å². The lowest BCUT2D eigenvalue weighted by molar-refractivity contribution is 0.101. The predicted octanol–water partition coefficient (Wildman–Crippen LogP) is 2.91. The molecule has 0 bridgehead atoms. The topological polar surface area (TPSA) is 35.5 Å². The van der Waals surface area contributed by atoms with Crippen LogP contribution in [0.2, 0.25) is 0 Å². The van der Waals surface area contributed by atoms with Crippen molar-refractivity contribution in [1.29, 1.82) is 0 Å². The van der Waals surface area contributed by atoms with E-state index in [1.807, 2.05) is 6.92 Å². The third-order valence-corrected chi connectivity index (χ3v) is 2.31. The molecular weight excluding hydrogens is 228 g/mol. The number of alkyl halides is 1. The first-order valence-electron chi connectivity index (χ1n) is 5.13. The number of ketones is 1. The normalized spacial score (nSPS) is 9.94. The number of hydrogen-bond donors (Lipinski definition) is 0. The van der Waals surface area contributed by atoms with Crippen molar-refractivity contribution >= 4 is 17.4 Å². The van der Waals surface area contributed by atoms with E-state index in [0.29, 0.717) is 23.7 Å². The van der Waals surface area contributed by atoms with Crippen LogP contribution in [0, 0.1) is 0 Å². The van der Waals surface area contributed by atoms with Crippen LogP contribution < -0.4 is 9.47 Å². The molecule has 1 aromatic carbocycles. The van der Waals surface area contributed by atoms with Gasteiger partial charge in [-0.3, -0.25) is 4.79 Å². The molecule has 0 aliphatic heterocycles. The Labute approximate surface area is 100 Å². The Morgan fingerprint density at radius 3 is 2.75 bits per heavy atom. The number of carbonyl (C=O) groups is 1. The van der Waals surface area contributed by atoms with Crippen molar-refractivity contribution in [3.05, 3.63) is 23.8 Å². The summed E-state index contributed by atoms with van der Waals surface area (Å²) in [6, 6.07) is 5.16.